The van der Waals surface area contributed by atoms with Crippen molar-refractivity contribution in [1.29, 1.82) is 0 Å². The van der Waals surface area contributed by atoms with Crippen molar-refractivity contribution in [2.24, 2.45) is 0 Å². The molecule has 0 unspecified atom stereocenters. The van der Waals surface area contributed by atoms with Crippen LogP contribution in [0.2, 0.25) is 16.6 Å². The van der Waals surface area contributed by atoms with Crippen LogP contribution < -0.4 is 0 Å². The van der Waals surface area contributed by atoms with Crippen LogP contribution in [0.1, 0.15) is 60.5 Å². The third kappa shape index (κ3) is 6.11. The van der Waals surface area contributed by atoms with E-state index in [9.17, 15) is 13.2 Å². The summed E-state index contributed by atoms with van der Waals surface area (Å²) in [6.07, 6.45) is -0.0345. The number of benzene rings is 1. The normalized spacial score (nSPS) is 12.1. The molecule has 0 spiro atoms. The predicted octanol–water partition coefficient (Wildman–Crippen LogP) is 5.12. The van der Waals surface area contributed by atoms with Crippen LogP contribution in [0, 0.1) is 18.5 Å². The molecule has 0 N–H and O–H groups in total. The number of hydrogen-bond donors (Lipinski definition) is 0. The van der Waals surface area contributed by atoms with Crippen molar-refractivity contribution >= 4 is 24.1 Å². The van der Waals surface area contributed by atoms with E-state index in [4.69, 9.17) is 4.74 Å². The lowest BCUT2D eigenvalue weighted by atomic mass is 10.2. The van der Waals surface area contributed by atoms with Crippen molar-refractivity contribution in [3.8, 4) is 11.6 Å². The summed E-state index contributed by atoms with van der Waals surface area (Å²) in [5.41, 5.74) is 5.56. The molecule has 5 nitrogen and oxygen atoms in total. The van der Waals surface area contributed by atoms with Crippen LogP contribution in [-0.2, 0) is 19.6 Å². The Kier molecular flexibility index (Phi) is 9.64. The monoisotopic (exact) mass is 451 g/mol. The van der Waals surface area contributed by atoms with Gasteiger partial charge in [-0.2, -0.15) is 0 Å². The van der Waals surface area contributed by atoms with Gasteiger partial charge in [0.25, 0.3) is 10.0 Å². The smallest absolute Gasteiger partial charge is 0.307 e. The molecule has 0 aliphatic rings. The van der Waals surface area contributed by atoms with Gasteiger partial charge in [0, 0.05) is 6.04 Å². The maximum atomic E-state index is 13.3. The van der Waals surface area contributed by atoms with E-state index in [1.165, 1.54) is 0 Å². The number of esters is 1. The number of rotatable bonds is 9. The molecule has 168 valence electrons. The standard InChI is InChI=1S/C23H37NO4SSi/c1-9-28-23(25)14-15-24(29(26,27)22-12-10-21(8)11-13-22)16-17-30(18(2)3,19(4)5)20(6)7/h10-13,18-20H,9,14-15H2,1-8H3. The molecule has 0 bridgehead atoms. The minimum atomic E-state index is -3.85. The molecule has 1 aromatic carbocycles. The first kappa shape index (κ1) is 26.3. The number of ether oxygens (including phenoxy) is 1. The van der Waals surface area contributed by atoms with Crippen LogP contribution in [0.4, 0.5) is 0 Å². The zero-order chi connectivity index (χ0) is 23.1. The van der Waals surface area contributed by atoms with Crippen molar-refractivity contribution in [1.82, 2.24) is 4.31 Å². The highest BCUT2D eigenvalue weighted by Gasteiger charge is 2.42. The molecule has 0 aliphatic carbocycles. The average Bonchev–Trinajstić information content (AvgIpc) is 2.64. The number of sulfonamides is 1. The molecule has 0 aliphatic heterocycles. The Bertz CT molecular complexity index is 843. The molecule has 0 aromatic heterocycles. The molecule has 0 saturated carbocycles. The van der Waals surface area contributed by atoms with Crippen molar-refractivity contribution < 1.29 is 17.9 Å². The first-order valence-corrected chi connectivity index (χ1v) is 14.3. The van der Waals surface area contributed by atoms with Gasteiger partial charge in [-0.15, -0.1) is 5.54 Å². The Balaban J connectivity index is 3.46. The quantitative estimate of drug-likeness (QED) is 0.226. The Morgan fingerprint density at radius 2 is 1.53 bits per heavy atom. The SMILES string of the molecule is CCOC(=O)CCN(C#C[Si](C(C)C)(C(C)C)C(C)C)S(=O)(=O)c1ccc(C)cc1. The molecular formula is C23H37NO4SSi. The lowest BCUT2D eigenvalue weighted by Gasteiger charge is -2.38. The summed E-state index contributed by atoms with van der Waals surface area (Å²) in [6, 6.07) is 9.70. The highest BCUT2D eigenvalue weighted by atomic mass is 32.2. The third-order valence-corrected chi connectivity index (χ3v) is 13.7. The van der Waals surface area contributed by atoms with Gasteiger partial charge in [-0.25, -0.2) is 12.7 Å². The Morgan fingerprint density at radius 1 is 1.03 bits per heavy atom. The Morgan fingerprint density at radius 3 is 1.97 bits per heavy atom. The highest BCUT2D eigenvalue weighted by molar-refractivity contribution is 7.89. The van der Waals surface area contributed by atoms with Gasteiger partial charge in [0.1, 0.15) is 8.07 Å². The molecule has 1 aromatic rings. The second-order valence-electron chi connectivity index (χ2n) is 8.58. The molecule has 0 amide bonds. The fourth-order valence-corrected chi connectivity index (χ4v) is 10.6. The average molecular weight is 452 g/mol. The van der Waals surface area contributed by atoms with Crippen molar-refractivity contribution in [3.63, 3.8) is 0 Å². The van der Waals surface area contributed by atoms with Gasteiger partial charge >= 0.3 is 5.97 Å². The lowest BCUT2D eigenvalue weighted by molar-refractivity contribution is -0.143. The summed E-state index contributed by atoms with van der Waals surface area (Å²) >= 11 is 0. The van der Waals surface area contributed by atoms with Gasteiger partial charge in [-0.1, -0.05) is 59.2 Å². The van der Waals surface area contributed by atoms with Crippen LogP contribution in [0.3, 0.4) is 0 Å². The predicted molar refractivity (Wildman–Crippen MR) is 125 cm³/mol. The molecule has 1 rings (SSSR count). The summed E-state index contributed by atoms with van der Waals surface area (Å²) in [5, 5.41) is 0. The summed E-state index contributed by atoms with van der Waals surface area (Å²) in [6.45, 7) is 16.9. The minimum Gasteiger partial charge on any atom is -0.466 e. The second kappa shape index (κ2) is 11.0. The van der Waals surface area contributed by atoms with E-state index in [1.54, 1.807) is 31.2 Å². The molecule has 0 heterocycles. The maximum Gasteiger partial charge on any atom is 0.307 e. The number of carbonyl (C=O) groups excluding carboxylic acids is 1. The zero-order valence-electron chi connectivity index (χ0n) is 19.7. The van der Waals surface area contributed by atoms with Crippen LogP contribution >= 0.6 is 0 Å². The van der Waals surface area contributed by atoms with E-state index in [-0.39, 0.29) is 24.5 Å². The largest absolute Gasteiger partial charge is 0.466 e. The Hall–Kier alpha value is -1.78. The first-order valence-electron chi connectivity index (χ1n) is 10.7. The van der Waals surface area contributed by atoms with Crippen LogP contribution in [0.5, 0.6) is 0 Å². The minimum absolute atomic E-state index is 0.0270. The van der Waals surface area contributed by atoms with E-state index in [0.29, 0.717) is 16.6 Å². The first-order chi connectivity index (χ1) is 13.9. The molecular weight excluding hydrogens is 414 g/mol. The van der Waals surface area contributed by atoms with E-state index in [1.807, 2.05) is 6.92 Å². The molecule has 0 atom stereocenters. The van der Waals surface area contributed by atoms with E-state index < -0.39 is 24.1 Å². The van der Waals surface area contributed by atoms with Gasteiger partial charge in [-0.05, 0) is 42.6 Å². The Labute approximate surface area is 184 Å². The van der Waals surface area contributed by atoms with E-state index in [2.05, 4.69) is 53.1 Å². The van der Waals surface area contributed by atoms with Gasteiger partial charge in [-0.3, -0.25) is 4.79 Å². The molecule has 0 radical (unpaired) electrons. The highest BCUT2D eigenvalue weighted by Crippen LogP contribution is 2.40. The summed E-state index contributed by atoms with van der Waals surface area (Å²) < 4.78 is 32.8. The van der Waals surface area contributed by atoms with Gasteiger partial charge in [0.15, 0.2) is 0 Å². The number of nitrogens with zero attached hydrogens (tertiary/aromatic N) is 1. The summed E-state index contributed by atoms with van der Waals surface area (Å²) in [4.78, 5) is 12.1. The fraction of sp³-hybridized carbons (Fsp3) is 0.609. The van der Waals surface area contributed by atoms with Gasteiger partial charge in [0.05, 0.1) is 24.5 Å². The number of carbonyl (C=O) groups is 1. The van der Waals surface area contributed by atoms with Crippen LogP contribution in [-0.4, -0.2) is 39.9 Å². The van der Waals surface area contributed by atoms with E-state index in [0.717, 1.165) is 9.87 Å². The van der Waals surface area contributed by atoms with Gasteiger partial charge < -0.3 is 4.74 Å². The third-order valence-electron chi connectivity index (χ3n) is 5.70. The van der Waals surface area contributed by atoms with Crippen molar-refractivity contribution in [2.45, 2.75) is 83.3 Å². The summed E-state index contributed by atoms with van der Waals surface area (Å²) in [5.74, 6) is -0.427. The topological polar surface area (TPSA) is 63.7 Å². The van der Waals surface area contributed by atoms with Crippen LogP contribution in [0.15, 0.2) is 29.2 Å². The zero-order valence-corrected chi connectivity index (χ0v) is 21.5. The number of hydrogen-bond acceptors (Lipinski definition) is 4. The van der Waals surface area contributed by atoms with Gasteiger partial charge in [0.2, 0.25) is 0 Å². The number of aryl methyl sites for hydroxylation is 1. The fourth-order valence-electron chi connectivity index (χ4n) is 4.09. The lowest BCUT2D eigenvalue weighted by Crippen LogP contribution is -2.44. The molecule has 30 heavy (non-hydrogen) atoms. The van der Waals surface area contributed by atoms with Crippen molar-refractivity contribution in [2.75, 3.05) is 13.2 Å². The molecule has 7 heteroatoms. The summed E-state index contributed by atoms with van der Waals surface area (Å²) in [7, 11) is -5.99. The van der Waals surface area contributed by atoms with Crippen LogP contribution in [0.25, 0.3) is 0 Å². The van der Waals surface area contributed by atoms with Crippen molar-refractivity contribution in [3.05, 3.63) is 29.8 Å². The van der Waals surface area contributed by atoms with E-state index >= 15 is 0 Å². The maximum absolute atomic E-state index is 13.3. The second-order valence-corrected chi connectivity index (χ2v) is 16.0. The molecule has 0 fully saturated rings. The molecule has 0 saturated heterocycles.